The molecule has 5 nitrogen and oxygen atoms in total. The molecule has 0 unspecified atom stereocenters. The molecule has 0 radical (unpaired) electrons. The zero-order valence-electron chi connectivity index (χ0n) is 10.1. The Labute approximate surface area is 111 Å². The summed E-state index contributed by atoms with van der Waals surface area (Å²) in [7, 11) is 0. The molecule has 0 fully saturated rings. The van der Waals surface area contributed by atoms with Gasteiger partial charge in [0.25, 0.3) is 5.69 Å². The van der Waals surface area contributed by atoms with E-state index in [1.54, 1.807) is 6.07 Å². The normalized spacial score (nSPS) is 10.6. The molecule has 1 aromatic rings. The van der Waals surface area contributed by atoms with Crippen LogP contribution in [-0.2, 0) is 6.54 Å². The van der Waals surface area contributed by atoms with Crippen molar-refractivity contribution >= 4 is 17.3 Å². The maximum atomic E-state index is 10.6. The van der Waals surface area contributed by atoms with E-state index >= 15 is 0 Å². The summed E-state index contributed by atoms with van der Waals surface area (Å²) >= 11 is 5.97. The number of nitrogens with zero attached hydrogens (tertiary/aromatic N) is 1. The zero-order valence-corrected chi connectivity index (χ0v) is 10.8. The number of aliphatic hydroxyl groups is 1. The number of nitrogens with one attached hydrogen (secondary N) is 1. The summed E-state index contributed by atoms with van der Waals surface area (Å²) in [6, 6.07) is 4.43. The molecular weight excluding hydrogens is 256 g/mol. The maximum Gasteiger partial charge on any atom is 0.269 e. The summed E-state index contributed by atoms with van der Waals surface area (Å²) in [6.07, 6.45) is 2.73. The van der Waals surface area contributed by atoms with E-state index in [2.05, 4.69) is 5.32 Å². The molecule has 100 valence electrons. The van der Waals surface area contributed by atoms with Gasteiger partial charge in [-0.2, -0.15) is 0 Å². The average molecular weight is 273 g/mol. The average Bonchev–Trinajstić information content (AvgIpc) is 2.35. The minimum absolute atomic E-state index is 0.0523. The van der Waals surface area contributed by atoms with Crippen molar-refractivity contribution in [2.24, 2.45) is 0 Å². The number of benzene rings is 1. The molecule has 1 rings (SSSR count). The van der Waals surface area contributed by atoms with Gasteiger partial charge in [0.15, 0.2) is 0 Å². The topological polar surface area (TPSA) is 75.4 Å². The van der Waals surface area contributed by atoms with Crippen molar-refractivity contribution in [3.05, 3.63) is 38.9 Å². The van der Waals surface area contributed by atoms with E-state index < -0.39 is 4.92 Å². The molecule has 6 heteroatoms. The quantitative estimate of drug-likeness (QED) is 0.433. The lowest BCUT2D eigenvalue weighted by Gasteiger charge is -2.06. The van der Waals surface area contributed by atoms with Crippen LogP contribution in [0.5, 0.6) is 0 Å². The van der Waals surface area contributed by atoms with E-state index in [0.717, 1.165) is 31.4 Å². The Hall–Kier alpha value is -1.17. The van der Waals surface area contributed by atoms with Crippen molar-refractivity contribution in [2.45, 2.75) is 25.8 Å². The monoisotopic (exact) mass is 272 g/mol. The predicted octanol–water partition coefficient (Wildman–Crippen LogP) is 2.50. The highest BCUT2D eigenvalue weighted by Gasteiger charge is 2.09. The minimum Gasteiger partial charge on any atom is -0.396 e. The van der Waals surface area contributed by atoms with Crippen molar-refractivity contribution in [1.29, 1.82) is 0 Å². The first kappa shape index (κ1) is 14.9. The van der Waals surface area contributed by atoms with Gasteiger partial charge in [0.05, 0.1) is 4.92 Å². The van der Waals surface area contributed by atoms with Crippen LogP contribution in [0.15, 0.2) is 18.2 Å². The lowest BCUT2D eigenvalue weighted by molar-refractivity contribution is -0.384. The molecule has 0 spiro atoms. The van der Waals surface area contributed by atoms with E-state index in [1.807, 2.05) is 0 Å². The zero-order chi connectivity index (χ0) is 13.4. The first-order chi connectivity index (χ1) is 8.65. The number of aliphatic hydroxyl groups excluding tert-OH is 1. The van der Waals surface area contributed by atoms with Crippen molar-refractivity contribution in [1.82, 2.24) is 5.32 Å². The van der Waals surface area contributed by atoms with Gasteiger partial charge in [0.2, 0.25) is 0 Å². The second-order valence-electron chi connectivity index (χ2n) is 3.99. The maximum absolute atomic E-state index is 10.6. The predicted molar refractivity (Wildman–Crippen MR) is 70.7 cm³/mol. The van der Waals surface area contributed by atoms with Crippen LogP contribution in [0.1, 0.15) is 24.8 Å². The van der Waals surface area contributed by atoms with E-state index in [9.17, 15) is 10.1 Å². The van der Waals surface area contributed by atoms with Gasteiger partial charge < -0.3 is 10.4 Å². The summed E-state index contributed by atoms with van der Waals surface area (Å²) in [5, 5.41) is 23.0. The molecule has 18 heavy (non-hydrogen) atoms. The summed E-state index contributed by atoms with van der Waals surface area (Å²) in [5.41, 5.74) is 0.782. The Morgan fingerprint density at radius 2 is 2.11 bits per heavy atom. The Kier molecular flexibility index (Phi) is 6.64. The number of non-ortho nitro benzene ring substituents is 1. The molecule has 0 aliphatic rings. The third kappa shape index (κ3) is 5.00. The van der Waals surface area contributed by atoms with Gasteiger partial charge in [-0.15, -0.1) is 0 Å². The van der Waals surface area contributed by atoms with Crippen LogP contribution in [-0.4, -0.2) is 23.2 Å². The Bertz CT molecular complexity index is 399. The number of hydrogen-bond donors (Lipinski definition) is 2. The number of halogens is 1. The van der Waals surface area contributed by atoms with Crippen molar-refractivity contribution in [3.8, 4) is 0 Å². The molecular formula is C12H17ClN2O3. The van der Waals surface area contributed by atoms with Crippen molar-refractivity contribution in [2.75, 3.05) is 13.2 Å². The highest BCUT2D eigenvalue weighted by atomic mass is 35.5. The fourth-order valence-corrected chi connectivity index (χ4v) is 1.76. The molecule has 0 heterocycles. The number of nitro groups is 1. The molecule has 0 bridgehead atoms. The van der Waals surface area contributed by atoms with E-state index in [-0.39, 0.29) is 12.3 Å². The lowest BCUT2D eigenvalue weighted by atomic mass is 10.2. The van der Waals surface area contributed by atoms with E-state index in [1.165, 1.54) is 12.1 Å². The molecule has 0 atom stereocenters. The summed E-state index contributed by atoms with van der Waals surface area (Å²) < 4.78 is 0. The molecule has 2 N–H and O–H groups in total. The van der Waals surface area contributed by atoms with Crippen LogP contribution < -0.4 is 5.32 Å². The Morgan fingerprint density at radius 3 is 2.78 bits per heavy atom. The van der Waals surface area contributed by atoms with Gasteiger partial charge in [-0.05, 0) is 37.4 Å². The van der Waals surface area contributed by atoms with E-state index in [4.69, 9.17) is 16.7 Å². The fourth-order valence-electron chi connectivity index (χ4n) is 1.57. The number of unbranched alkanes of at least 4 members (excludes halogenated alkanes) is 2. The second-order valence-corrected chi connectivity index (χ2v) is 4.40. The number of hydrogen-bond acceptors (Lipinski definition) is 4. The van der Waals surface area contributed by atoms with Gasteiger partial charge in [-0.25, -0.2) is 0 Å². The van der Waals surface area contributed by atoms with Gasteiger partial charge in [0, 0.05) is 30.3 Å². The first-order valence-corrected chi connectivity index (χ1v) is 6.27. The SMILES string of the molecule is O=[N+]([O-])c1ccc(Cl)c(CNCCCCCO)c1. The molecule has 0 aliphatic carbocycles. The van der Waals surface area contributed by atoms with Crippen LogP contribution in [0.2, 0.25) is 5.02 Å². The molecule has 1 aromatic carbocycles. The third-order valence-electron chi connectivity index (χ3n) is 2.57. The van der Waals surface area contributed by atoms with Crippen LogP contribution in [0.3, 0.4) is 0 Å². The molecule has 0 aliphatic heterocycles. The summed E-state index contributed by atoms with van der Waals surface area (Å²) in [6.45, 7) is 1.54. The second kappa shape index (κ2) is 8.02. The molecule has 0 amide bonds. The molecule has 0 saturated heterocycles. The Balaban J connectivity index is 2.41. The summed E-state index contributed by atoms with van der Waals surface area (Å²) in [5.74, 6) is 0. The summed E-state index contributed by atoms with van der Waals surface area (Å²) in [4.78, 5) is 10.2. The van der Waals surface area contributed by atoms with Gasteiger partial charge in [0.1, 0.15) is 0 Å². The third-order valence-corrected chi connectivity index (χ3v) is 2.94. The Morgan fingerprint density at radius 1 is 1.33 bits per heavy atom. The molecule has 0 aromatic heterocycles. The standard InChI is InChI=1S/C12H17ClN2O3/c13-12-5-4-11(15(17)18)8-10(12)9-14-6-2-1-3-7-16/h4-5,8,14,16H,1-3,6-7,9H2. The van der Waals surface area contributed by atoms with Gasteiger partial charge >= 0.3 is 0 Å². The fraction of sp³-hybridized carbons (Fsp3) is 0.500. The highest BCUT2D eigenvalue weighted by molar-refractivity contribution is 6.31. The number of nitro benzene ring substituents is 1. The van der Waals surface area contributed by atoms with Crippen LogP contribution >= 0.6 is 11.6 Å². The van der Waals surface area contributed by atoms with Crippen LogP contribution in [0, 0.1) is 10.1 Å². The smallest absolute Gasteiger partial charge is 0.269 e. The van der Waals surface area contributed by atoms with Crippen molar-refractivity contribution < 1.29 is 10.0 Å². The number of rotatable bonds is 8. The van der Waals surface area contributed by atoms with Crippen LogP contribution in [0.25, 0.3) is 0 Å². The van der Waals surface area contributed by atoms with Gasteiger partial charge in [-0.3, -0.25) is 10.1 Å². The van der Waals surface area contributed by atoms with Gasteiger partial charge in [-0.1, -0.05) is 11.6 Å². The minimum atomic E-state index is -0.429. The van der Waals surface area contributed by atoms with E-state index in [0.29, 0.717) is 11.6 Å². The van der Waals surface area contributed by atoms with Crippen LogP contribution in [0.4, 0.5) is 5.69 Å². The van der Waals surface area contributed by atoms with Crippen molar-refractivity contribution in [3.63, 3.8) is 0 Å². The largest absolute Gasteiger partial charge is 0.396 e. The lowest BCUT2D eigenvalue weighted by Crippen LogP contribution is -2.15. The molecule has 0 saturated carbocycles. The highest BCUT2D eigenvalue weighted by Crippen LogP contribution is 2.21. The first-order valence-electron chi connectivity index (χ1n) is 5.89.